The molecule has 3 rings (SSSR count). The van der Waals surface area contributed by atoms with Crippen LogP contribution in [0, 0.1) is 0 Å². The SMILES string of the molecule is CS(=O)(=O)Nc1cc(CC[C@@H](O)CN[C@H](Cc2ccccc2)c2ccc(OC(F)F)cc2)ccc1O. The molecule has 4 N–H and O–H groups in total. The maximum atomic E-state index is 12.5. The number of aromatic hydroxyl groups is 1. The summed E-state index contributed by atoms with van der Waals surface area (Å²) >= 11 is 0. The van der Waals surface area contributed by atoms with Crippen molar-refractivity contribution in [2.75, 3.05) is 17.5 Å². The molecule has 0 unspecified atom stereocenters. The highest BCUT2D eigenvalue weighted by Gasteiger charge is 2.16. The van der Waals surface area contributed by atoms with E-state index in [9.17, 15) is 27.4 Å². The second kappa shape index (κ2) is 12.7. The third-order valence-electron chi connectivity index (χ3n) is 5.51. The summed E-state index contributed by atoms with van der Waals surface area (Å²) in [5.41, 5.74) is 2.79. The summed E-state index contributed by atoms with van der Waals surface area (Å²) in [6, 6.07) is 20.6. The van der Waals surface area contributed by atoms with E-state index in [1.165, 1.54) is 24.3 Å². The van der Waals surface area contributed by atoms with Crippen molar-refractivity contribution in [3.8, 4) is 11.5 Å². The Morgan fingerprint density at radius 3 is 2.31 bits per heavy atom. The van der Waals surface area contributed by atoms with Crippen molar-refractivity contribution in [1.82, 2.24) is 5.32 Å². The number of phenols is 1. The van der Waals surface area contributed by atoms with E-state index in [0.717, 1.165) is 22.9 Å². The van der Waals surface area contributed by atoms with Gasteiger partial charge in [0.2, 0.25) is 10.0 Å². The first kappa shape index (κ1) is 27.4. The number of hydrogen-bond donors (Lipinski definition) is 4. The van der Waals surface area contributed by atoms with E-state index in [4.69, 9.17) is 0 Å². The van der Waals surface area contributed by atoms with E-state index in [1.807, 2.05) is 30.3 Å². The van der Waals surface area contributed by atoms with Crippen LogP contribution in [0.2, 0.25) is 0 Å². The summed E-state index contributed by atoms with van der Waals surface area (Å²) in [6.07, 6.45) is 1.78. The molecule has 0 saturated carbocycles. The first-order valence-corrected chi connectivity index (χ1v) is 13.3. The standard InChI is InChI=1S/C26H30F2N2O5S/c1-36(33,34)30-24-16-19(8-14-25(24)32)7-11-21(31)17-29-23(15-18-5-3-2-4-6-18)20-9-12-22(13-10-20)35-26(27)28/h2-6,8-10,12-14,16,21,23,26,29-32H,7,11,15,17H2,1H3/t21-,23-/m1/s1. The fraction of sp³-hybridized carbons (Fsp3) is 0.308. The predicted octanol–water partition coefficient (Wildman–Crippen LogP) is 4.23. The van der Waals surface area contributed by atoms with Crippen molar-refractivity contribution >= 4 is 15.7 Å². The summed E-state index contributed by atoms with van der Waals surface area (Å²) in [4.78, 5) is 0. The molecule has 7 nitrogen and oxygen atoms in total. The lowest BCUT2D eigenvalue weighted by Crippen LogP contribution is -2.32. The molecular formula is C26H30F2N2O5S. The van der Waals surface area contributed by atoms with Crippen LogP contribution in [-0.2, 0) is 22.9 Å². The molecule has 36 heavy (non-hydrogen) atoms. The number of nitrogens with one attached hydrogen (secondary N) is 2. The molecule has 0 bridgehead atoms. The van der Waals surface area contributed by atoms with Crippen molar-refractivity contribution in [2.45, 2.75) is 38.0 Å². The zero-order valence-corrected chi connectivity index (χ0v) is 20.6. The summed E-state index contributed by atoms with van der Waals surface area (Å²) < 4.78 is 54.6. The van der Waals surface area contributed by atoms with Gasteiger partial charge in [0.1, 0.15) is 11.5 Å². The van der Waals surface area contributed by atoms with Gasteiger partial charge in [0, 0.05) is 12.6 Å². The number of aliphatic hydroxyl groups excluding tert-OH is 1. The molecule has 10 heteroatoms. The quantitative estimate of drug-likeness (QED) is 0.251. The van der Waals surface area contributed by atoms with Crippen molar-refractivity contribution in [3.05, 3.63) is 89.5 Å². The minimum atomic E-state index is -3.54. The molecule has 3 aromatic rings. The first-order valence-electron chi connectivity index (χ1n) is 11.4. The van der Waals surface area contributed by atoms with Gasteiger partial charge < -0.3 is 20.3 Å². The Morgan fingerprint density at radius 1 is 0.972 bits per heavy atom. The molecule has 0 spiro atoms. The topological polar surface area (TPSA) is 108 Å². The van der Waals surface area contributed by atoms with Gasteiger partial charge in [0.05, 0.1) is 18.0 Å². The van der Waals surface area contributed by atoms with Gasteiger partial charge in [-0.3, -0.25) is 4.72 Å². The van der Waals surface area contributed by atoms with E-state index in [2.05, 4.69) is 14.8 Å². The Balaban J connectivity index is 1.62. The molecule has 0 aliphatic carbocycles. The lowest BCUT2D eigenvalue weighted by atomic mass is 9.98. The van der Waals surface area contributed by atoms with Gasteiger partial charge in [-0.2, -0.15) is 8.78 Å². The zero-order valence-electron chi connectivity index (χ0n) is 19.8. The van der Waals surface area contributed by atoms with Crippen LogP contribution in [0.1, 0.15) is 29.2 Å². The Hall–Kier alpha value is -3.21. The minimum absolute atomic E-state index is 0.0749. The van der Waals surface area contributed by atoms with Crippen LogP contribution < -0.4 is 14.8 Å². The number of benzene rings is 3. The Bertz CT molecular complexity index is 1210. The van der Waals surface area contributed by atoms with Crippen LogP contribution in [0.3, 0.4) is 0 Å². The Morgan fingerprint density at radius 2 is 1.67 bits per heavy atom. The van der Waals surface area contributed by atoms with Gasteiger partial charge in [0.25, 0.3) is 0 Å². The summed E-state index contributed by atoms with van der Waals surface area (Å²) in [5.74, 6) is -0.106. The largest absolute Gasteiger partial charge is 0.506 e. The molecule has 0 aromatic heterocycles. The molecule has 0 aliphatic heterocycles. The molecule has 0 fully saturated rings. The van der Waals surface area contributed by atoms with Crippen LogP contribution in [0.15, 0.2) is 72.8 Å². The van der Waals surface area contributed by atoms with Crippen molar-refractivity contribution in [3.63, 3.8) is 0 Å². The number of alkyl halides is 2. The average Bonchev–Trinajstić information content (AvgIpc) is 2.82. The summed E-state index contributed by atoms with van der Waals surface area (Å²) in [7, 11) is -3.54. The second-order valence-corrected chi connectivity index (χ2v) is 10.3. The maximum absolute atomic E-state index is 12.5. The Kier molecular flexibility index (Phi) is 9.63. The van der Waals surface area contributed by atoms with E-state index < -0.39 is 22.7 Å². The fourth-order valence-corrected chi connectivity index (χ4v) is 4.34. The normalized spacial score (nSPS) is 13.4. The van der Waals surface area contributed by atoms with Crippen LogP contribution >= 0.6 is 0 Å². The lowest BCUT2D eigenvalue weighted by Gasteiger charge is -2.22. The predicted molar refractivity (Wildman–Crippen MR) is 135 cm³/mol. The van der Waals surface area contributed by atoms with Crippen molar-refractivity contribution < 1.29 is 32.1 Å². The highest BCUT2D eigenvalue weighted by Crippen LogP contribution is 2.26. The number of phenolic OH excluding ortho intramolecular Hbond substituents is 1. The lowest BCUT2D eigenvalue weighted by molar-refractivity contribution is -0.0498. The molecule has 2 atom stereocenters. The summed E-state index contributed by atoms with van der Waals surface area (Å²) in [5, 5.41) is 23.8. The van der Waals surface area contributed by atoms with Crippen LogP contribution in [-0.4, -0.2) is 44.1 Å². The van der Waals surface area contributed by atoms with E-state index in [1.54, 1.807) is 18.2 Å². The number of ether oxygens (including phenoxy) is 1. The molecule has 0 aliphatic rings. The maximum Gasteiger partial charge on any atom is 0.387 e. The number of hydrogen-bond acceptors (Lipinski definition) is 6. The molecule has 194 valence electrons. The van der Waals surface area contributed by atoms with E-state index in [0.29, 0.717) is 19.3 Å². The van der Waals surface area contributed by atoms with Gasteiger partial charge in [-0.05, 0) is 60.2 Å². The van der Waals surface area contributed by atoms with Crippen LogP contribution in [0.25, 0.3) is 0 Å². The zero-order chi connectivity index (χ0) is 26.1. The average molecular weight is 521 g/mol. The molecular weight excluding hydrogens is 490 g/mol. The van der Waals surface area contributed by atoms with Gasteiger partial charge in [-0.15, -0.1) is 0 Å². The highest BCUT2D eigenvalue weighted by atomic mass is 32.2. The molecule has 0 saturated heterocycles. The molecule has 0 amide bonds. The third kappa shape index (κ3) is 9.10. The number of halogens is 2. The van der Waals surface area contributed by atoms with Crippen molar-refractivity contribution in [1.29, 1.82) is 0 Å². The fourth-order valence-electron chi connectivity index (χ4n) is 3.77. The van der Waals surface area contributed by atoms with E-state index >= 15 is 0 Å². The van der Waals surface area contributed by atoms with Crippen molar-refractivity contribution in [2.24, 2.45) is 0 Å². The molecule has 3 aromatic carbocycles. The summed E-state index contributed by atoms with van der Waals surface area (Å²) in [6.45, 7) is -2.62. The number of sulfonamides is 1. The molecule has 0 heterocycles. The van der Waals surface area contributed by atoms with Crippen LogP contribution in [0.4, 0.5) is 14.5 Å². The van der Waals surface area contributed by atoms with E-state index in [-0.39, 0.29) is 29.8 Å². The van der Waals surface area contributed by atoms with Gasteiger partial charge in [-0.25, -0.2) is 8.42 Å². The highest BCUT2D eigenvalue weighted by molar-refractivity contribution is 7.92. The number of aliphatic hydroxyl groups is 1. The second-order valence-electron chi connectivity index (χ2n) is 8.52. The first-order chi connectivity index (χ1) is 17.1. The monoisotopic (exact) mass is 520 g/mol. The van der Waals surface area contributed by atoms with Crippen LogP contribution in [0.5, 0.6) is 11.5 Å². The van der Waals surface area contributed by atoms with Gasteiger partial charge in [-0.1, -0.05) is 48.5 Å². The van der Waals surface area contributed by atoms with Gasteiger partial charge >= 0.3 is 6.61 Å². The number of aryl methyl sites for hydroxylation is 1. The smallest absolute Gasteiger partial charge is 0.387 e. The number of anilines is 1. The van der Waals surface area contributed by atoms with Gasteiger partial charge in [0.15, 0.2) is 0 Å². The number of rotatable bonds is 13. The Labute approximate surface area is 209 Å². The molecule has 0 radical (unpaired) electrons. The minimum Gasteiger partial charge on any atom is -0.506 e. The third-order valence-corrected chi connectivity index (χ3v) is 6.10.